The minimum absolute atomic E-state index is 0.112. The van der Waals surface area contributed by atoms with E-state index in [0.717, 1.165) is 27.0 Å². The van der Waals surface area contributed by atoms with Gasteiger partial charge in [0.1, 0.15) is 0 Å². The first-order chi connectivity index (χ1) is 15.4. The number of carbonyl (C=O) groups excluding carboxylic acids is 1. The molecule has 162 valence electrons. The highest BCUT2D eigenvalue weighted by Crippen LogP contribution is 2.29. The van der Waals surface area contributed by atoms with Gasteiger partial charge in [-0.15, -0.1) is 10.2 Å². The highest BCUT2D eigenvalue weighted by atomic mass is 79.9. The number of nitrogens with one attached hydrogen (secondary N) is 1. The first-order valence-electron chi connectivity index (χ1n) is 9.88. The lowest BCUT2D eigenvalue weighted by atomic mass is 10.1. The molecule has 4 aromatic rings. The Hall–Kier alpha value is -2.61. The second-order valence-electron chi connectivity index (χ2n) is 7.28. The fraction of sp³-hybridized carbons (Fsp3) is 0.125. The highest BCUT2D eigenvalue weighted by molar-refractivity contribution is 9.10. The monoisotopic (exact) mass is 526 g/mol. The van der Waals surface area contributed by atoms with Crippen LogP contribution >= 0.6 is 39.3 Å². The number of aromatic nitrogens is 3. The zero-order valence-corrected chi connectivity index (χ0v) is 20.6. The lowest BCUT2D eigenvalue weighted by molar-refractivity contribution is -0.113. The molecular weight excluding hydrogens is 508 g/mol. The van der Waals surface area contributed by atoms with Crippen LogP contribution < -0.4 is 5.32 Å². The van der Waals surface area contributed by atoms with Gasteiger partial charge < -0.3 is 5.32 Å². The minimum Gasteiger partial charge on any atom is -0.325 e. The number of rotatable bonds is 6. The summed E-state index contributed by atoms with van der Waals surface area (Å²) >= 11 is 10.9. The maximum Gasteiger partial charge on any atom is 0.234 e. The zero-order valence-electron chi connectivity index (χ0n) is 17.5. The molecule has 1 amide bonds. The predicted octanol–water partition coefficient (Wildman–Crippen LogP) is 6.70. The van der Waals surface area contributed by atoms with Gasteiger partial charge in [-0.1, -0.05) is 69.1 Å². The van der Waals surface area contributed by atoms with Crippen molar-refractivity contribution in [1.29, 1.82) is 0 Å². The molecule has 1 aromatic heterocycles. The molecule has 32 heavy (non-hydrogen) atoms. The van der Waals surface area contributed by atoms with Crippen molar-refractivity contribution in [2.24, 2.45) is 0 Å². The van der Waals surface area contributed by atoms with Gasteiger partial charge in [-0.2, -0.15) is 0 Å². The maximum atomic E-state index is 12.6. The van der Waals surface area contributed by atoms with E-state index in [1.807, 2.05) is 85.1 Å². The summed E-state index contributed by atoms with van der Waals surface area (Å²) in [5.41, 5.74) is 4.80. The van der Waals surface area contributed by atoms with Gasteiger partial charge in [-0.05, 0) is 61.9 Å². The van der Waals surface area contributed by atoms with Crippen LogP contribution in [-0.4, -0.2) is 26.4 Å². The fourth-order valence-corrected chi connectivity index (χ4v) is 4.25. The molecule has 8 heteroatoms. The third kappa shape index (κ3) is 5.23. The molecule has 1 N–H and O–H groups in total. The molecule has 0 fully saturated rings. The van der Waals surface area contributed by atoms with Crippen molar-refractivity contribution in [3.05, 3.63) is 87.4 Å². The van der Waals surface area contributed by atoms with Gasteiger partial charge in [0.15, 0.2) is 11.0 Å². The standard InChI is InChI=1S/C24H20BrClN4OS/c1-15-3-5-17(6-4-15)23-28-29-24(30(23)20-10-7-18(26)8-11-20)32-14-22(31)27-19-9-12-21(25)16(2)13-19/h3-13H,14H2,1-2H3,(H,27,31). The highest BCUT2D eigenvalue weighted by Gasteiger charge is 2.17. The molecule has 0 spiro atoms. The summed E-state index contributed by atoms with van der Waals surface area (Å²) in [6.07, 6.45) is 0. The molecule has 0 aliphatic carbocycles. The van der Waals surface area contributed by atoms with Crippen LogP contribution in [-0.2, 0) is 4.79 Å². The molecule has 0 unspecified atom stereocenters. The number of hydrogen-bond donors (Lipinski definition) is 1. The number of hydrogen-bond acceptors (Lipinski definition) is 4. The van der Waals surface area contributed by atoms with E-state index in [2.05, 4.69) is 31.4 Å². The van der Waals surface area contributed by atoms with E-state index in [0.29, 0.717) is 16.0 Å². The Morgan fingerprint density at radius 1 is 1.03 bits per heavy atom. The van der Waals surface area contributed by atoms with Crippen LogP contribution in [0.15, 0.2) is 76.4 Å². The summed E-state index contributed by atoms with van der Waals surface area (Å²) in [6.45, 7) is 4.02. The molecule has 3 aromatic carbocycles. The van der Waals surface area contributed by atoms with Crippen molar-refractivity contribution in [1.82, 2.24) is 14.8 Å². The van der Waals surface area contributed by atoms with Crippen molar-refractivity contribution < 1.29 is 4.79 Å². The van der Waals surface area contributed by atoms with Gasteiger partial charge in [0.05, 0.1) is 5.75 Å². The van der Waals surface area contributed by atoms with Crippen LogP contribution in [0.5, 0.6) is 0 Å². The normalized spacial score (nSPS) is 10.9. The minimum atomic E-state index is -0.112. The number of aryl methyl sites for hydroxylation is 2. The average molecular weight is 528 g/mol. The summed E-state index contributed by atoms with van der Waals surface area (Å²) in [5.74, 6) is 0.799. The largest absolute Gasteiger partial charge is 0.325 e. The van der Waals surface area contributed by atoms with Gasteiger partial charge in [-0.3, -0.25) is 9.36 Å². The molecule has 1 heterocycles. The number of benzene rings is 3. The van der Waals surface area contributed by atoms with E-state index in [1.54, 1.807) is 0 Å². The SMILES string of the molecule is Cc1ccc(-c2nnc(SCC(=O)Nc3ccc(Br)c(C)c3)n2-c2ccc(Cl)cc2)cc1. The Kier molecular flexibility index (Phi) is 6.98. The number of thioether (sulfide) groups is 1. The molecule has 0 saturated carbocycles. The number of amides is 1. The lowest BCUT2D eigenvalue weighted by Gasteiger charge is -2.11. The number of nitrogens with zero attached hydrogens (tertiary/aromatic N) is 3. The second kappa shape index (κ2) is 9.90. The summed E-state index contributed by atoms with van der Waals surface area (Å²) in [6, 6.07) is 21.3. The Bertz CT molecular complexity index is 1260. The molecular formula is C24H20BrClN4OS. The van der Waals surface area contributed by atoms with Crippen molar-refractivity contribution in [3.8, 4) is 17.1 Å². The predicted molar refractivity (Wildman–Crippen MR) is 135 cm³/mol. The third-order valence-corrected chi connectivity index (χ3v) is 6.87. The Balaban J connectivity index is 1.59. The second-order valence-corrected chi connectivity index (χ2v) is 9.52. The summed E-state index contributed by atoms with van der Waals surface area (Å²) in [7, 11) is 0. The lowest BCUT2D eigenvalue weighted by Crippen LogP contribution is -2.14. The Morgan fingerprint density at radius 3 is 2.44 bits per heavy atom. The molecule has 0 atom stereocenters. The van der Waals surface area contributed by atoms with Crippen LogP contribution in [0.25, 0.3) is 17.1 Å². The first-order valence-corrected chi connectivity index (χ1v) is 12.0. The molecule has 0 radical (unpaired) electrons. The molecule has 5 nitrogen and oxygen atoms in total. The van der Waals surface area contributed by atoms with Crippen molar-refractivity contribution >= 4 is 50.9 Å². The van der Waals surface area contributed by atoms with E-state index in [1.165, 1.54) is 17.3 Å². The van der Waals surface area contributed by atoms with Crippen LogP contribution in [0.2, 0.25) is 5.02 Å². The van der Waals surface area contributed by atoms with E-state index < -0.39 is 0 Å². The zero-order chi connectivity index (χ0) is 22.7. The van der Waals surface area contributed by atoms with Crippen LogP contribution in [0.3, 0.4) is 0 Å². The molecule has 0 aliphatic rings. The van der Waals surface area contributed by atoms with Crippen molar-refractivity contribution in [3.63, 3.8) is 0 Å². The van der Waals surface area contributed by atoms with E-state index >= 15 is 0 Å². The van der Waals surface area contributed by atoms with Gasteiger partial charge in [0.2, 0.25) is 5.91 Å². The molecule has 4 rings (SSSR count). The topological polar surface area (TPSA) is 59.8 Å². The number of carbonyl (C=O) groups is 1. The number of anilines is 1. The Labute approximate surface area is 204 Å². The van der Waals surface area contributed by atoms with E-state index in [-0.39, 0.29) is 11.7 Å². The first kappa shape index (κ1) is 22.6. The smallest absolute Gasteiger partial charge is 0.234 e. The van der Waals surface area contributed by atoms with Gasteiger partial charge in [0, 0.05) is 26.4 Å². The number of halogens is 2. The Morgan fingerprint density at radius 2 is 1.75 bits per heavy atom. The maximum absolute atomic E-state index is 12.6. The van der Waals surface area contributed by atoms with E-state index in [4.69, 9.17) is 11.6 Å². The van der Waals surface area contributed by atoms with Crippen molar-refractivity contribution in [2.45, 2.75) is 19.0 Å². The third-order valence-electron chi connectivity index (χ3n) is 4.80. The molecule has 0 saturated heterocycles. The van der Waals surface area contributed by atoms with Gasteiger partial charge in [0.25, 0.3) is 0 Å². The van der Waals surface area contributed by atoms with Crippen LogP contribution in [0, 0.1) is 13.8 Å². The van der Waals surface area contributed by atoms with Crippen molar-refractivity contribution in [2.75, 3.05) is 11.1 Å². The molecule has 0 bridgehead atoms. The average Bonchev–Trinajstić information content (AvgIpc) is 3.20. The molecule has 0 aliphatic heterocycles. The summed E-state index contributed by atoms with van der Waals surface area (Å²) in [4.78, 5) is 12.6. The van der Waals surface area contributed by atoms with E-state index in [9.17, 15) is 4.79 Å². The fourth-order valence-electron chi connectivity index (χ4n) is 3.13. The van der Waals surface area contributed by atoms with Crippen LogP contribution in [0.1, 0.15) is 11.1 Å². The summed E-state index contributed by atoms with van der Waals surface area (Å²) in [5, 5.41) is 13.0. The van der Waals surface area contributed by atoms with Crippen LogP contribution in [0.4, 0.5) is 5.69 Å². The van der Waals surface area contributed by atoms with Gasteiger partial charge >= 0.3 is 0 Å². The quantitative estimate of drug-likeness (QED) is 0.284. The van der Waals surface area contributed by atoms with Gasteiger partial charge in [-0.25, -0.2) is 0 Å². The summed E-state index contributed by atoms with van der Waals surface area (Å²) < 4.78 is 2.95.